The van der Waals surface area contributed by atoms with Crippen LogP contribution in [0.4, 0.5) is 19.1 Å². The van der Waals surface area contributed by atoms with Gasteiger partial charge < -0.3 is 18.8 Å². The predicted molar refractivity (Wildman–Crippen MR) is 148 cm³/mol. The van der Waals surface area contributed by atoms with Gasteiger partial charge in [-0.3, -0.25) is 9.69 Å². The van der Waals surface area contributed by atoms with Crippen molar-refractivity contribution >= 4 is 11.9 Å². The molecule has 0 radical (unpaired) electrons. The molecule has 2 aromatic carbocycles. The number of aryl methyl sites for hydroxylation is 1. The van der Waals surface area contributed by atoms with Gasteiger partial charge in [-0.05, 0) is 42.8 Å². The number of oxazole rings is 1. The van der Waals surface area contributed by atoms with E-state index in [0.29, 0.717) is 44.3 Å². The number of nitrogens with zero attached hydrogens (tertiary/aromatic N) is 5. The molecule has 1 saturated heterocycles. The van der Waals surface area contributed by atoms with Gasteiger partial charge in [0, 0.05) is 44.4 Å². The van der Waals surface area contributed by atoms with Gasteiger partial charge in [0.15, 0.2) is 0 Å². The van der Waals surface area contributed by atoms with Gasteiger partial charge >= 0.3 is 12.1 Å². The molecule has 1 fully saturated rings. The first-order valence-corrected chi connectivity index (χ1v) is 13.4. The standard InChI is InChI=1S/C30H30F3N5O4/c1-20-24(35-27(42-20)22-6-4-3-5-7-22)13-17-41-23-10-8-21(9-11-23)18-37-15-16-38(19-25(37)28(39)40-2)29-34-14-12-26(36-29)30(31,32)33/h3-12,14,25H,13,15-19H2,1-2H3. The number of halogens is 3. The SMILES string of the molecule is COC(=O)C1CN(c2nccc(C(F)(F)F)n2)CCN1Cc1ccc(OCCc2nc(-c3ccccc3)oc2C)cc1. The average molecular weight is 582 g/mol. The fourth-order valence-electron chi connectivity index (χ4n) is 4.77. The molecule has 0 spiro atoms. The van der Waals surface area contributed by atoms with E-state index < -0.39 is 23.9 Å². The molecule has 1 unspecified atom stereocenters. The molecule has 42 heavy (non-hydrogen) atoms. The molecular formula is C30H30F3N5O4. The van der Waals surface area contributed by atoms with Crippen LogP contribution in [0.5, 0.6) is 5.75 Å². The molecular weight excluding hydrogens is 551 g/mol. The van der Waals surface area contributed by atoms with Crippen LogP contribution >= 0.6 is 0 Å². The molecule has 9 nitrogen and oxygen atoms in total. The highest BCUT2D eigenvalue weighted by molar-refractivity contribution is 5.76. The zero-order valence-corrected chi connectivity index (χ0v) is 23.2. The van der Waals surface area contributed by atoms with E-state index in [1.807, 2.05) is 66.4 Å². The van der Waals surface area contributed by atoms with Crippen LogP contribution in [0.1, 0.15) is 22.7 Å². The molecule has 5 rings (SSSR count). The highest BCUT2D eigenvalue weighted by Gasteiger charge is 2.36. The molecule has 3 heterocycles. The maximum Gasteiger partial charge on any atom is 0.433 e. The number of aromatic nitrogens is 3. The summed E-state index contributed by atoms with van der Waals surface area (Å²) in [5.41, 5.74) is 1.68. The lowest BCUT2D eigenvalue weighted by molar-refractivity contribution is -0.147. The Balaban J connectivity index is 1.17. The first-order valence-electron chi connectivity index (χ1n) is 13.4. The van der Waals surface area contributed by atoms with Crippen molar-refractivity contribution < 1.29 is 31.9 Å². The van der Waals surface area contributed by atoms with E-state index in [1.165, 1.54) is 7.11 Å². The van der Waals surface area contributed by atoms with E-state index in [2.05, 4.69) is 15.0 Å². The van der Waals surface area contributed by atoms with E-state index in [-0.39, 0.29) is 12.5 Å². The number of benzene rings is 2. The van der Waals surface area contributed by atoms with Gasteiger partial charge in [0.05, 0.1) is 19.4 Å². The molecule has 0 aliphatic carbocycles. The van der Waals surface area contributed by atoms with Crippen LogP contribution in [0.2, 0.25) is 0 Å². The largest absolute Gasteiger partial charge is 0.493 e. The number of ether oxygens (including phenoxy) is 2. The topological polar surface area (TPSA) is 93.8 Å². The van der Waals surface area contributed by atoms with Gasteiger partial charge in [-0.25, -0.2) is 15.0 Å². The summed E-state index contributed by atoms with van der Waals surface area (Å²) in [7, 11) is 1.29. The second kappa shape index (κ2) is 12.6. The van der Waals surface area contributed by atoms with Crippen molar-refractivity contribution in [3.8, 4) is 17.2 Å². The predicted octanol–water partition coefficient (Wildman–Crippen LogP) is 4.94. The highest BCUT2D eigenvalue weighted by Crippen LogP contribution is 2.29. The molecule has 2 aromatic heterocycles. The van der Waals surface area contributed by atoms with Crippen molar-refractivity contribution in [1.82, 2.24) is 19.9 Å². The van der Waals surface area contributed by atoms with Gasteiger partial charge in [0.2, 0.25) is 11.8 Å². The third-order valence-electron chi connectivity index (χ3n) is 7.01. The maximum absolute atomic E-state index is 13.1. The summed E-state index contributed by atoms with van der Waals surface area (Å²) >= 11 is 0. The van der Waals surface area contributed by atoms with Gasteiger partial charge in [-0.15, -0.1) is 0 Å². The Morgan fingerprint density at radius 2 is 1.81 bits per heavy atom. The van der Waals surface area contributed by atoms with Crippen LogP contribution in [0.3, 0.4) is 0 Å². The Morgan fingerprint density at radius 3 is 2.52 bits per heavy atom. The van der Waals surface area contributed by atoms with E-state index in [0.717, 1.165) is 34.8 Å². The Bertz CT molecular complexity index is 1500. The van der Waals surface area contributed by atoms with Crippen LogP contribution < -0.4 is 9.64 Å². The molecule has 220 valence electrons. The number of alkyl halides is 3. The maximum atomic E-state index is 13.1. The molecule has 1 atom stereocenters. The number of hydrogen-bond acceptors (Lipinski definition) is 9. The third-order valence-corrected chi connectivity index (χ3v) is 7.01. The number of piperazine rings is 1. The minimum Gasteiger partial charge on any atom is -0.493 e. The lowest BCUT2D eigenvalue weighted by Gasteiger charge is -2.39. The van der Waals surface area contributed by atoms with Crippen LogP contribution in [0.25, 0.3) is 11.5 Å². The second-order valence-electron chi connectivity index (χ2n) is 9.83. The number of hydrogen-bond donors (Lipinski definition) is 0. The summed E-state index contributed by atoms with van der Waals surface area (Å²) in [5.74, 6) is 1.48. The van der Waals surface area contributed by atoms with Gasteiger partial charge in [0.25, 0.3) is 0 Å². The first kappa shape index (κ1) is 29.1. The Morgan fingerprint density at radius 1 is 1.05 bits per heavy atom. The van der Waals surface area contributed by atoms with E-state index in [1.54, 1.807) is 4.90 Å². The van der Waals surface area contributed by atoms with E-state index in [4.69, 9.17) is 13.9 Å². The molecule has 4 aromatic rings. The summed E-state index contributed by atoms with van der Waals surface area (Å²) in [6.07, 6.45) is -2.92. The molecule has 1 aliphatic rings. The van der Waals surface area contributed by atoms with Crippen LogP contribution in [-0.2, 0) is 28.7 Å². The van der Waals surface area contributed by atoms with Crippen molar-refractivity contribution in [3.63, 3.8) is 0 Å². The fourth-order valence-corrected chi connectivity index (χ4v) is 4.77. The van der Waals surface area contributed by atoms with Crippen LogP contribution in [-0.4, -0.2) is 65.2 Å². The highest BCUT2D eigenvalue weighted by atomic mass is 19.4. The second-order valence-corrected chi connectivity index (χ2v) is 9.83. The normalized spacial score (nSPS) is 15.9. The van der Waals surface area contributed by atoms with Crippen molar-refractivity contribution in [2.75, 3.05) is 38.3 Å². The Kier molecular flexibility index (Phi) is 8.72. The molecule has 0 N–H and O–H groups in total. The summed E-state index contributed by atoms with van der Waals surface area (Å²) < 4.78 is 56.2. The monoisotopic (exact) mass is 581 g/mol. The molecule has 0 saturated carbocycles. The number of carbonyl (C=O) groups excluding carboxylic acids is 1. The summed E-state index contributed by atoms with van der Waals surface area (Å²) in [6.45, 7) is 3.60. The van der Waals surface area contributed by atoms with Crippen molar-refractivity contribution in [2.45, 2.75) is 32.1 Å². The summed E-state index contributed by atoms with van der Waals surface area (Å²) in [4.78, 5) is 28.4. The molecule has 12 heteroatoms. The molecule has 0 amide bonds. The average Bonchev–Trinajstić information content (AvgIpc) is 3.38. The Labute approximate surface area is 240 Å². The zero-order valence-electron chi connectivity index (χ0n) is 23.2. The first-order chi connectivity index (χ1) is 20.2. The number of methoxy groups -OCH3 is 1. The van der Waals surface area contributed by atoms with Crippen LogP contribution in [0, 0.1) is 6.92 Å². The molecule has 1 aliphatic heterocycles. The van der Waals surface area contributed by atoms with E-state index in [9.17, 15) is 18.0 Å². The smallest absolute Gasteiger partial charge is 0.433 e. The van der Waals surface area contributed by atoms with Gasteiger partial charge in [-0.2, -0.15) is 13.2 Å². The minimum atomic E-state index is -4.59. The number of anilines is 1. The van der Waals surface area contributed by atoms with E-state index >= 15 is 0 Å². The van der Waals surface area contributed by atoms with Crippen molar-refractivity contribution in [1.29, 1.82) is 0 Å². The fraction of sp³-hybridized carbons (Fsp3) is 0.333. The van der Waals surface area contributed by atoms with Gasteiger partial charge in [0.1, 0.15) is 23.2 Å². The Hall–Kier alpha value is -4.45. The lowest BCUT2D eigenvalue weighted by atomic mass is 10.1. The number of rotatable bonds is 9. The lowest BCUT2D eigenvalue weighted by Crippen LogP contribution is -2.56. The quantitative estimate of drug-likeness (QED) is 0.255. The minimum absolute atomic E-state index is 0.0722. The van der Waals surface area contributed by atoms with Gasteiger partial charge in [-0.1, -0.05) is 30.3 Å². The summed E-state index contributed by atoms with van der Waals surface area (Å²) in [6, 6.07) is 17.4. The third kappa shape index (κ3) is 6.88. The van der Waals surface area contributed by atoms with Crippen molar-refractivity contribution in [2.24, 2.45) is 0 Å². The summed E-state index contributed by atoms with van der Waals surface area (Å²) in [5, 5.41) is 0. The van der Waals surface area contributed by atoms with Crippen LogP contribution in [0.15, 0.2) is 71.3 Å². The zero-order chi connectivity index (χ0) is 29.7. The molecule has 0 bridgehead atoms. The number of esters is 1. The number of carbonyl (C=O) groups is 1. The van der Waals surface area contributed by atoms with Crippen molar-refractivity contribution in [3.05, 3.63) is 89.6 Å².